The fourth-order valence-corrected chi connectivity index (χ4v) is 2.38. The van der Waals surface area contributed by atoms with Crippen LogP contribution < -0.4 is 5.32 Å². The molecular weight excluding hydrogens is 316 g/mol. The molecule has 7 heteroatoms. The van der Waals surface area contributed by atoms with E-state index in [1.165, 1.54) is 4.90 Å². The van der Waals surface area contributed by atoms with Crippen LogP contribution in [0.4, 0.5) is 10.5 Å². The Balaban J connectivity index is 1.70. The third kappa shape index (κ3) is 3.82. The summed E-state index contributed by atoms with van der Waals surface area (Å²) in [7, 11) is 1.69. The maximum Gasteiger partial charge on any atom is 0.321 e. The second-order valence-corrected chi connectivity index (χ2v) is 5.47. The Morgan fingerprint density at radius 3 is 2.96 bits per heavy atom. The molecule has 1 aromatic carbocycles. The number of H-pyrrole nitrogens is 1. The van der Waals surface area contributed by atoms with E-state index < -0.39 is 0 Å². The minimum Gasteiger partial charge on any atom is -0.323 e. The average Bonchev–Trinajstić information content (AvgIpc) is 3.10. The predicted molar refractivity (Wildman–Crippen MR) is 93.5 cm³/mol. The summed E-state index contributed by atoms with van der Waals surface area (Å²) < 4.78 is 0. The van der Waals surface area contributed by atoms with Gasteiger partial charge in [0, 0.05) is 19.8 Å². The van der Waals surface area contributed by atoms with Gasteiger partial charge in [-0.1, -0.05) is 18.2 Å². The Morgan fingerprint density at radius 2 is 2.20 bits per heavy atom. The summed E-state index contributed by atoms with van der Waals surface area (Å²) in [5.74, 6) is 0. The lowest BCUT2D eigenvalue weighted by molar-refractivity contribution is 0.220. The zero-order valence-electron chi connectivity index (χ0n) is 13.6. The van der Waals surface area contributed by atoms with E-state index in [1.54, 1.807) is 37.6 Å². The van der Waals surface area contributed by atoms with Gasteiger partial charge in [-0.3, -0.25) is 10.1 Å². The van der Waals surface area contributed by atoms with Crippen molar-refractivity contribution in [3.05, 3.63) is 66.0 Å². The van der Waals surface area contributed by atoms with Gasteiger partial charge in [0.15, 0.2) is 0 Å². The van der Waals surface area contributed by atoms with Crippen LogP contribution in [-0.2, 0) is 6.54 Å². The van der Waals surface area contributed by atoms with Gasteiger partial charge in [-0.15, -0.1) is 0 Å². The van der Waals surface area contributed by atoms with Crippen LogP contribution >= 0.6 is 0 Å². The van der Waals surface area contributed by atoms with Crippen LogP contribution in [0.5, 0.6) is 0 Å². The molecule has 0 saturated carbocycles. The Labute approximate surface area is 144 Å². The molecular formula is C18H16N6O. The van der Waals surface area contributed by atoms with E-state index in [9.17, 15) is 4.79 Å². The van der Waals surface area contributed by atoms with Crippen LogP contribution in [0.15, 0.2) is 54.9 Å². The Kier molecular flexibility index (Phi) is 4.72. The van der Waals surface area contributed by atoms with E-state index in [0.29, 0.717) is 29.2 Å². The number of nitrogens with one attached hydrogen (secondary N) is 2. The zero-order chi connectivity index (χ0) is 17.6. The van der Waals surface area contributed by atoms with Crippen molar-refractivity contribution in [2.24, 2.45) is 0 Å². The second-order valence-electron chi connectivity index (χ2n) is 5.47. The molecule has 2 aromatic heterocycles. The van der Waals surface area contributed by atoms with E-state index in [1.807, 2.05) is 24.3 Å². The van der Waals surface area contributed by atoms with Crippen LogP contribution in [0.25, 0.3) is 11.4 Å². The number of anilines is 1. The molecule has 7 nitrogen and oxygen atoms in total. The smallest absolute Gasteiger partial charge is 0.321 e. The van der Waals surface area contributed by atoms with Gasteiger partial charge in [-0.25, -0.2) is 4.79 Å². The van der Waals surface area contributed by atoms with Crippen LogP contribution in [0.1, 0.15) is 11.1 Å². The Hall–Kier alpha value is -3.66. The number of hydrogen-bond acceptors (Lipinski definition) is 4. The van der Waals surface area contributed by atoms with E-state index in [4.69, 9.17) is 5.26 Å². The van der Waals surface area contributed by atoms with E-state index >= 15 is 0 Å². The monoisotopic (exact) mass is 332 g/mol. The number of pyridine rings is 1. The van der Waals surface area contributed by atoms with Crippen molar-refractivity contribution in [3.63, 3.8) is 0 Å². The van der Waals surface area contributed by atoms with Gasteiger partial charge in [0.05, 0.1) is 29.2 Å². The lowest BCUT2D eigenvalue weighted by atomic mass is 10.1. The third-order valence-corrected chi connectivity index (χ3v) is 3.62. The summed E-state index contributed by atoms with van der Waals surface area (Å²) >= 11 is 0. The van der Waals surface area contributed by atoms with Crippen molar-refractivity contribution in [1.82, 2.24) is 20.1 Å². The van der Waals surface area contributed by atoms with Crippen LogP contribution in [-0.4, -0.2) is 33.2 Å². The molecule has 0 bridgehead atoms. The topological polar surface area (TPSA) is 97.7 Å². The van der Waals surface area contributed by atoms with Crippen molar-refractivity contribution in [2.75, 3.05) is 12.4 Å². The summed E-state index contributed by atoms with van der Waals surface area (Å²) in [6.45, 7) is 0.387. The third-order valence-electron chi connectivity index (χ3n) is 3.62. The van der Waals surface area contributed by atoms with Gasteiger partial charge < -0.3 is 10.2 Å². The molecule has 0 atom stereocenters. The van der Waals surface area contributed by atoms with Gasteiger partial charge in [0.1, 0.15) is 5.69 Å². The van der Waals surface area contributed by atoms with Gasteiger partial charge in [0.2, 0.25) is 0 Å². The first-order chi connectivity index (χ1) is 12.2. The van der Waals surface area contributed by atoms with Crippen molar-refractivity contribution in [2.45, 2.75) is 6.54 Å². The highest BCUT2D eigenvalue weighted by Gasteiger charge is 2.15. The number of aromatic amines is 1. The second kappa shape index (κ2) is 7.27. The van der Waals surface area contributed by atoms with Crippen molar-refractivity contribution < 1.29 is 4.79 Å². The quantitative estimate of drug-likeness (QED) is 0.767. The van der Waals surface area contributed by atoms with Gasteiger partial charge >= 0.3 is 6.03 Å². The number of benzene rings is 1. The minimum absolute atomic E-state index is 0.277. The molecule has 0 aliphatic carbocycles. The predicted octanol–water partition coefficient (Wildman–Crippen LogP) is 3.01. The summed E-state index contributed by atoms with van der Waals surface area (Å²) in [6.07, 6.45) is 3.22. The SMILES string of the molecule is CN(Cc1cccc(C#N)c1)C(=O)Nc1cn[nH]c1-c1ccccn1. The Bertz CT molecular complexity index is 913. The molecule has 0 spiro atoms. The number of aromatic nitrogens is 3. The number of carbonyl (C=O) groups excluding carboxylic acids is 1. The van der Waals surface area contributed by atoms with Gasteiger partial charge in [-0.05, 0) is 29.8 Å². The first kappa shape index (κ1) is 16.2. The first-order valence-electron chi connectivity index (χ1n) is 7.63. The van der Waals surface area contributed by atoms with Crippen molar-refractivity contribution in [1.29, 1.82) is 5.26 Å². The van der Waals surface area contributed by atoms with Gasteiger partial charge in [0.25, 0.3) is 0 Å². The number of urea groups is 1. The highest BCUT2D eigenvalue weighted by molar-refractivity contribution is 5.92. The molecule has 25 heavy (non-hydrogen) atoms. The molecule has 2 N–H and O–H groups in total. The summed E-state index contributed by atoms with van der Waals surface area (Å²) in [5, 5.41) is 18.6. The number of carbonyl (C=O) groups is 1. The molecule has 2 amide bonds. The lowest BCUT2D eigenvalue weighted by Gasteiger charge is -2.18. The molecule has 0 saturated heterocycles. The number of rotatable bonds is 4. The molecule has 0 fully saturated rings. The highest BCUT2D eigenvalue weighted by Crippen LogP contribution is 2.23. The maximum absolute atomic E-state index is 12.4. The molecule has 0 unspecified atom stereocenters. The highest BCUT2D eigenvalue weighted by atomic mass is 16.2. The molecule has 3 aromatic rings. The molecule has 2 heterocycles. The normalized spacial score (nSPS) is 10.1. The molecule has 0 radical (unpaired) electrons. The first-order valence-corrected chi connectivity index (χ1v) is 7.63. The summed E-state index contributed by atoms with van der Waals surface area (Å²) in [4.78, 5) is 18.2. The average molecular weight is 332 g/mol. The van der Waals surface area contributed by atoms with E-state index in [2.05, 4.69) is 26.6 Å². The van der Waals surface area contributed by atoms with Crippen molar-refractivity contribution in [3.8, 4) is 17.5 Å². The maximum atomic E-state index is 12.4. The van der Waals surface area contributed by atoms with Crippen LogP contribution in [0.2, 0.25) is 0 Å². The summed E-state index contributed by atoms with van der Waals surface area (Å²) in [6, 6.07) is 14.5. The fourth-order valence-electron chi connectivity index (χ4n) is 2.38. The van der Waals surface area contributed by atoms with E-state index in [0.717, 1.165) is 5.56 Å². The van der Waals surface area contributed by atoms with Gasteiger partial charge in [-0.2, -0.15) is 10.4 Å². The Morgan fingerprint density at radius 1 is 1.32 bits per heavy atom. The van der Waals surface area contributed by atoms with E-state index in [-0.39, 0.29) is 6.03 Å². The molecule has 3 rings (SSSR count). The summed E-state index contributed by atoms with van der Waals surface area (Å²) in [5.41, 5.74) is 3.35. The fraction of sp³-hybridized carbons (Fsp3) is 0.111. The molecule has 0 aliphatic heterocycles. The number of nitrogens with zero attached hydrogens (tertiary/aromatic N) is 4. The minimum atomic E-state index is -0.277. The number of hydrogen-bond donors (Lipinski definition) is 2. The van der Waals surface area contributed by atoms with Crippen LogP contribution in [0.3, 0.4) is 0 Å². The van der Waals surface area contributed by atoms with Crippen molar-refractivity contribution >= 4 is 11.7 Å². The molecule has 0 aliphatic rings. The largest absolute Gasteiger partial charge is 0.323 e. The standard InChI is InChI=1S/C18H16N6O/c1-24(12-14-6-4-5-13(9-14)10-19)18(25)22-16-11-21-23-17(16)15-7-2-3-8-20-15/h2-9,11H,12H2,1H3,(H,21,23)(H,22,25). The number of amides is 2. The zero-order valence-corrected chi connectivity index (χ0v) is 13.6. The number of nitriles is 1. The van der Waals surface area contributed by atoms with Crippen LogP contribution in [0, 0.1) is 11.3 Å². The lowest BCUT2D eigenvalue weighted by Crippen LogP contribution is -2.30. The molecule has 124 valence electrons.